The molecule has 0 N–H and O–H groups in total. The summed E-state index contributed by atoms with van der Waals surface area (Å²) in [4.78, 5) is 18.4. The second-order valence-corrected chi connectivity index (χ2v) is 6.80. The number of carbonyl (C=O) groups excluding carboxylic acids is 1. The van der Waals surface area contributed by atoms with E-state index in [9.17, 15) is 4.79 Å². The molecule has 3 heterocycles. The summed E-state index contributed by atoms with van der Waals surface area (Å²) in [5, 5.41) is 2.14. The molecule has 0 unspecified atom stereocenters. The average molecular weight is 278 g/mol. The van der Waals surface area contributed by atoms with E-state index in [0.717, 1.165) is 52.0 Å². The molecule has 0 atom stereocenters. The highest BCUT2D eigenvalue weighted by Crippen LogP contribution is 2.41. The predicted molar refractivity (Wildman–Crippen MR) is 78.1 cm³/mol. The van der Waals surface area contributed by atoms with E-state index >= 15 is 0 Å². The van der Waals surface area contributed by atoms with E-state index in [0.29, 0.717) is 5.91 Å². The lowest BCUT2D eigenvalue weighted by atomic mass is 9.77. The lowest BCUT2D eigenvalue weighted by Gasteiger charge is -2.37. The Morgan fingerprint density at radius 3 is 2.58 bits per heavy atom. The van der Waals surface area contributed by atoms with Gasteiger partial charge in [0.1, 0.15) is 0 Å². The minimum Gasteiger partial charge on any atom is -0.342 e. The third kappa shape index (κ3) is 2.43. The van der Waals surface area contributed by atoms with Crippen LogP contribution in [0.25, 0.3) is 0 Å². The van der Waals surface area contributed by atoms with Crippen molar-refractivity contribution in [3.8, 4) is 0 Å². The maximum atomic E-state index is 12.4. The maximum absolute atomic E-state index is 12.4. The quantitative estimate of drug-likeness (QED) is 0.848. The number of likely N-dealkylation sites (tertiary alicyclic amines) is 2. The van der Waals surface area contributed by atoms with E-state index < -0.39 is 0 Å². The van der Waals surface area contributed by atoms with Crippen molar-refractivity contribution >= 4 is 17.2 Å². The van der Waals surface area contributed by atoms with Gasteiger partial charge in [0.15, 0.2) is 0 Å². The Kier molecular flexibility index (Phi) is 3.63. The molecule has 1 aromatic rings. The molecule has 0 aromatic carbocycles. The number of thiophene rings is 1. The van der Waals surface area contributed by atoms with Gasteiger partial charge in [-0.15, -0.1) is 11.3 Å². The largest absolute Gasteiger partial charge is 0.342 e. The van der Waals surface area contributed by atoms with Crippen molar-refractivity contribution in [1.29, 1.82) is 0 Å². The number of rotatable bonds is 3. The van der Waals surface area contributed by atoms with Crippen LogP contribution in [0.2, 0.25) is 0 Å². The molecule has 0 aliphatic carbocycles. The van der Waals surface area contributed by atoms with Gasteiger partial charge in [0.2, 0.25) is 5.91 Å². The van der Waals surface area contributed by atoms with Crippen LogP contribution < -0.4 is 0 Å². The molecule has 4 heteroatoms. The lowest BCUT2D eigenvalue weighted by Crippen LogP contribution is -2.44. The zero-order valence-electron chi connectivity index (χ0n) is 11.6. The number of hydrogen-bond acceptors (Lipinski definition) is 3. The highest BCUT2D eigenvalue weighted by atomic mass is 32.1. The van der Waals surface area contributed by atoms with Gasteiger partial charge in [0.25, 0.3) is 0 Å². The first-order valence-electron chi connectivity index (χ1n) is 7.28. The van der Waals surface area contributed by atoms with Gasteiger partial charge in [-0.1, -0.05) is 6.07 Å². The van der Waals surface area contributed by atoms with Gasteiger partial charge in [-0.05, 0) is 50.7 Å². The number of hydrogen-bond donors (Lipinski definition) is 0. The highest BCUT2D eigenvalue weighted by Gasteiger charge is 2.47. The molecule has 19 heavy (non-hydrogen) atoms. The summed E-state index contributed by atoms with van der Waals surface area (Å²) in [6, 6.07) is 4.32. The van der Waals surface area contributed by atoms with Crippen LogP contribution in [0, 0.1) is 5.41 Å². The van der Waals surface area contributed by atoms with Gasteiger partial charge in [-0.3, -0.25) is 9.69 Å². The van der Waals surface area contributed by atoms with Crippen molar-refractivity contribution in [2.75, 3.05) is 26.2 Å². The number of piperidine rings is 1. The summed E-state index contributed by atoms with van der Waals surface area (Å²) < 4.78 is 0. The average Bonchev–Trinajstić information content (AvgIpc) is 3.03. The Hall–Kier alpha value is -0.870. The molecule has 2 aliphatic rings. The molecular formula is C15H22N2OS. The minimum atomic E-state index is -0.0119. The molecule has 104 valence electrons. The Morgan fingerprint density at radius 1 is 1.26 bits per heavy atom. The molecule has 1 spiro atoms. The topological polar surface area (TPSA) is 23.6 Å². The molecular weight excluding hydrogens is 256 g/mol. The third-order valence-corrected chi connectivity index (χ3v) is 5.62. The normalized spacial score (nSPS) is 23.4. The summed E-state index contributed by atoms with van der Waals surface area (Å²) in [7, 11) is 0. The van der Waals surface area contributed by atoms with Crippen LogP contribution in [0.4, 0.5) is 0 Å². The molecule has 3 nitrogen and oxygen atoms in total. The molecule has 0 radical (unpaired) electrons. The Morgan fingerprint density at radius 2 is 2.00 bits per heavy atom. The van der Waals surface area contributed by atoms with Gasteiger partial charge >= 0.3 is 0 Å². The van der Waals surface area contributed by atoms with Crippen molar-refractivity contribution < 1.29 is 4.79 Å². The van der Waals surface area contributed by atoms with Crippen molar-refractivity contribution in [1.82, 2.24) is 9.80 Å². The van der Waals surface area contributed by atoms with E-state index in [1.54, 1.807) is 0 Å². The Bertz CT molecular complexity index is 435. The van der Waals surface area contributed by atoms with Crippen molar-refractivity contribution in [2.24, 2.45) is 5.41 Å². The second kappa shape index (κ2) is 5.25. The van der Waals surface area contributed by atoms with E-state index in [1.807, 2.05) is 16.2 Å². The summed E-state index contributed by atoms with van der Waals surface area (Å²) in [5.41, 5.74) is -0.0119. The first-order valence-corrected chi connectivity index (χ1v) is 8.16. The van der Waals surface area contributed by atoms with Gasteiger partial charge in [0.05, 0.1) is 5.41 Å². The maximum Gasteiger partial charge on any atom is 0.228 e. The fourth-order valence-corrected chi connectivity index (χ4v) is 4.17. The summed E-state index contributed by atoms with van der Waals surface area (Å²) >= 11 is 1.83. The van der Waals surface area contributed by atoms with Gasteiger partial charge < -0.3 is 4.90 Å². The fraction of sp³-hybridized carbons (Fsp3) is 0.667. The lowest BCUT2D eigenvalue weighted by molar-refractivity contribution is -0.138. The van der Waals surface area contributed by atoms with Crippen LogP contribution in [0.1, 0.15) is 31.1 Å². The van der Waals surface area contributed by atoms with Crippen molar-refractivity contribution in [2.45, 2.75) is 32.7 Å². The van der Waals surface area contributed by atoms with Crippen LogP contribution >= 0.6 is 11.3 Å². The summed E-state index contributed by atoms with van der Waals surface area (Å²) in [6.45, 7) is 7.13. The predicted octanol–water partition coefficient (Wildman–Crippen LogP) is 2.58. The first-order chi connectivity index (χ1) is 9.23. The molecule has 0 bridgehead atoms. The zero-order chi connectivity index (χ0) is 13.3. The molecule has 1 amide bonds. The number of carbonyl (C=O) groups is 1. The first kappa shape index (κ1) is 13.1. The summed E-state index contributed by atoms with van der Waals surface area (Å²) in [5.74, 6) is 0.422. The molecule has 3 rings (SSSR count). The molecule has 2 saturated heterocycles. The van der Waals surface area contributed by atoms with Crippen molar-refractivity contribution in [3.63, 3.8) is 0 Å². The second-order valence-electron chi connectivity index (χ2n) is 5.77. The third-order valence-electron chi connectivity index (χ3n) is 4.76. The number of amides is 1. The Balaban J connectivity index is 1.59. The summed E-state index contributed by atoms with van der Waals surface area (Å²) in [6.07, 6.45) is 3.17. The SMILES string of the molecule is CCN1CCC2(CCN(Cc3cccs3)CC2)C1=O. The van der Waals surface area contributed by atoms with Gasteiger partial charge in [0, 0.05) is 24.5 Å². The minimum absolute atomic E-state index is 0.0119. The standard InChI is InChI=1S/C15H22N2OS/c1-2-17-10-7-15(14(17)18)5-8-16(9-6-15)12-13-4-3-11-19-13/h3-4,11H,2,5-10,12H2,1H3. The van der Waals surface area contributed by atoms with Crippen LogP contribution in [-0.4, -0.2) is 41.9 Å². The molecule has 1 aromatic heterocycles. The van der Waals surface area contributed by atoms with E-state index in [-0.39, 0.29) is 5.41 Å². The van der Waals surface area contributed by atoms with Crippen molar-refractivity contribution in [3.05, 3.63) is 22.4 Å². The monoisotopic (exact) mass is 278 g/mol. The van der Waals surface area contributed by atoms with Gasteiger partial charge in [-0.25, -0.2) is 0 Å². The fourth-order valence-electron chi connectivity index (χ4n) is 3.42. The van der Waals surface area contributed by atoms with Crippen LogP contribution in [0.3, 0.4) is 0 Å². The van der Waals surface area contributed by atoms with Gasteiger partial charge in [-0.2, -0.15) is 0 Å². The molecule has 2 fully saturated rings. The van der Waals surface area contributed by atoms with Crippen LogP contribution in [-0.2, 0) is 11.3 Å². The van der Waals surface area contributed by atoms with Crippen LogP contribution in [0.15, 0.2) is 17.5 Å². The Labute approximate surface area is 119 Å². The zero-order valence-corrected chi connectivity index (χ0v) is 12.4. The molecule has 0 saturated carbocycles. The highest BCUT2D eigenvalue weighted by molar-refractivity contribution is 7.09. The van der Waals surface area contributed by atoms with E-state index in [1.165, 1.54) is 4.88 Å². The van der Waals surface area contributed by atoms with E-state index in [2.05, 4.69) is 29.3 Å². The van der Waals surface area contributed by atoms with E-state index in [4.69, 9.17) is 0 Å². The molecule has 2 aliphatic heterocycles. The van der Waals surface area contributed by atoms with Crippen LogP contribution in [0.5, 0.6) is 0 Å². The number of nitrogens with zero attached hydrogens (tertiary/aromatic N) is 2. The smallest absolute Gasteiger partial charge is 0.228 e.